The Kier molecular flexibility index (Phi) is 4.19. The third-order valence-electron chi connectivity index (χ3n) is 2.29. The average molecular weight is 334 g/mol. The number of hydrogen-bond acceptors (Lipinski definition) is 1. The zero-order valence-electron chi connectivity index (χ0n) is 9.09. The Morgan fingerprint density at radius 1 is 1.17 bits per heavy atom. The topological polar surface area (TPSA) is 9.23 Å². The molecule has 0 aromatic heterocycles. The van der Waals surface area contributed by atoms with Crippen molar-refractivity contribution < 1.29 is 13.5 Å². The summed E-state index contributed by atoms with van der Waals surface area (Å²) in [7, 11) is 0. The maximum absolute atomic E-state index is 13.5. The van der Waals surface area contributed by atoms with Gasteiger partial charge in [0.15, 0.2) is 11.6 Å². The van der Waals surface area contributed by atoms with E-state index in [-0.39, 0.29) is 23.2 Å². The fourth-order valence-corrected chi connectivity index (χ4v) is 1.98. The van der Waals surface area contributed by atoms with Crippen LogP contribution in [0.15, 0.2) is 40.9 Å². The average Bonchev–Trinajstić information content (AvgIpc) is 2.35. The summed E-state index contributed by atoms with van der Waals surface area (Å²) in [6, 6.07) is 9.00. The molecule has 2 aromatic carbocycles. The quantitative estimate of drug-likeness (QED) is 0.771. The van der Waals surface area contributed by atoms with Crippen LogP contribution in [0.3, 0.4) is 0 Å². The largest absolute Gasteiger partial charge is 0.486 e. The number of benzene rings is 2. The first kappa shape index (κ1) is 13.3. The molecule has 0 spiro atoms. The van der Waals surface area contributed by atoms with Crippen LogP contribution in [-0.4, -0.2) is 0 Å². The van der Waals surface area contributed by atoms with Gasteiger partial charge in [0, 0.05) is 0 Å². The number of rotatable bonds is 3. The molecule has 0 fully saturated rings. The Labute approximate surface area is 116 Å². The Balaban J connectivity index is 2.11. The molecule has 0 aliphatic carbocycles. The van der Waals surface area contributed by atoms with Crippen LogP contribution in [0.25, 0.3) is 0 Å². The molecule has 18 heavy (non-hydrogen) atoms. The maximum atomic E-state index is 13.5. The third kappa shape index (κ3) is 3.00. The van der Waals surface area contributed by atoms with Crippen molar-refractivity contribution in [1.29, 1.82) is 0 Å². The molecule has 0 heterocycles. The smallest absolute Gasteiger partial charge is 0.183 e. The maximum Gasteiger partial charge on any atom is 0.183 e. The highest BCUT2D eigenvalue weighted by Crippen LogP contribution is 2.25. The highest BCUT2D eigenvalue weighted by molar-refractivity contribution is 9.10. The van der Waals surface area contributed by atoms with Crippen LogP contribution in [-0.2, 0) is 6.61 Å². The summed E-state index contributed by atoms with van der Waals surface area (Å²) in [6.07, 6.45) is 0. The molecule has 0 atom stereocenters. The van der Waals surface area contributed by atoms with Crippen molar-refractivity contribution in [3.63, 3.8) is 0 Å². The Bertz CT molecular complexity index is 575. The van der Waals surface area contributed by atoms with E-state index in [1.165, 1.54) is 18.2 Å². The van der Waals surface area contributed by atoms with Crippen molar-refractivity contribution in [2.24, 2.45) is 0 Å². The second-order valence-electron chi connectivity index (χ2n) is 3.59. The van der Waals surface area contributed by atoms with E-state index in [1.807, 2.05) is 0 Å². The van der Waals surface area contributed by atoms with Gasteiger partial charge in [-0.2, -0.15) is 0 Å². The molecule has 0 radical (unpaired) electrons. The second-order valence-corrected chi connectivity index (χ2v) is 4.85. The third-order valence-corrected chi connectivity index (χ3v) is 3.19. The highest BCUT2D eigenvalue weighted by atomic mass is 79.9. The Morgan fingerprint density at radius 3 is 2.67 bits per heavy atom. The first-order valence-electron chi connectivity index (χ1n) is 5.08. The molecular weight excluding hydrogens is 325 g/mol. The summed E-state index contributed by atoms with van der Waals surface area (Å²) in [6.45, 7) is 0.135. The molecule has 0 N–H and O–H groups in total. The molecule has 0 aliphatic heterocycles. The Hall–Kier alpha value is -1.13. The van der Waals surface area contributed by atoms with Crippen LogP contribution < -0.4 is 4.74 Å². The van der Waals surface area contributed by atoms with Crippen LogP contribution in [0.2, 0.25) is 5.02 Å². The van der Waals surface area contributed by atoms with E-state index >= 15 is 0 Å². The van der Waals surface area contributed by atoms with Crippen molar-refractivity contribution in [1.82, 2.24) is 0 Å². The highest BCUT2D eigenvalue weighted by Gasteiger charge is 2.08. The predicted molar refractivity (Wildman–Crippen MR) is 69.8 cm³/mol. The van der Waals surface area contributed by atoms with Crippen molar-refractivity contribution in [3.05, 3.63) is 63.1 Å². The van der Waals surface area contributed by atoms with E-state index in [4.69, 9.17) is 16.3 Å². The first-order valence-corrected chi connectivity index (χ1v) is 6.26. The predicted octanol–water partition coefficient (Wildman–Crippen LogP) is 4.96. The van der Waals surface area contributed by atoms with Crippen molar-refractivity contribution in [2.75, 3.05) is 0 Å². The molecule has 0 amide bonds. The molecule has 0 saturated heterocycles. The zero-order chi connectivity index (χ0) is 13.1. The minimum atomic E-state index is -0.597. The molecular formula is C13H8BrClF2O. The number of hydrogen-bond donors (Lipinski definition) is 0. The van der Waals surface area contributed by atoms with Crippen molar-refractivity contribution in [2.45, 2.75) is 6.61 Å². The number of halogens is 4. The van der Waals surface area contributed by atoms with Gasteiger partial charge >= 0.3 is 0 Å². The molecule has 2 rings (SSSR count). The second kappa shape index (κ2) is 5.67. The van der Waals surface area contributed by atoms with Gasteiger partial charge in [0.2, 0.25) is 0 Å². The lowest BCUT2D eigenvalue weighted by molar-refractivity contribution is 0.290. The molecule has 5 heteroatoms. The van der Waals surface area contributed by atoms with E-state index in [2.05, 4.69) is 15.9 Å². The van der Waals surface area contributed by atoms with Gasteiger partial charge in [0.25, 0.3) is 0 Å². The van der Waals surface area contributed by atoms with Gasteiger partial charge < -0.3 is 4.74 Å². The summed E-state index contributed by atoms with van der Waals surface area (Å²) >= 11 is 8.70. The lowest BCUT2D eigenvalue weighted by Crippen LogP contribution is -1.98. The summed E-state index contributed by atoms with van der Waals surface area (Å²) in [4.78, 5) is 0. The summed E-state index contributed by atoms with van der Waals surface area (Å²) in [5.74, 6) is -0.879. The number of ether oxygens (including phenoxy) is 1. The molecule has 94 valence electrons. The normalized spacial score (nSPS) is 10.4. The van der Waals surface area contributed by atoms with E-state index in [0.717, 1.165) is 5.56 Å². The SMILES string of the molecule is Fc1ccc(COc2cccc(Cl)c2F)cc1Br. The molecule has 0 aliphatic rings. The Morgan fingerprint density at radius 2 is 1.94 bits per heavy atom. The fraction of sp³-hybridized carbons (Fsp3) is 0.0769. The molecule has 2 aromatic rings. The minimum absolute atomic E-state index is 0.00721. The van der Waals surface area contributed by atoms with E-state index in [1.54, 1.807) is 18.2 Å². The van der Waals surface area contributed by atoms with Gasteiger partial charge in [-0.1, -0.05) is 23.7 Å². The molecule has 0 bridgehead atoms. The van der Waals surface area contributed by atoms with E-state index in [9.17, 15) is 8.78 Å². The monoisotopic (exact) mass is 332 g/mol. The first-order chi connectivity index (χ1) is 8.58. The lowest BCUT2D eigenvalue weighted by Gasteiger charge is -2.08. The van der Waals surface area contributed by atoms with Gasteiger partial charge in [0.05, 0.1) is 9.50 Å². The van der Waals surface area contributed by atoms with Gasteiger partial charge in [-0.05, 0) is 45.8 Å². The van der Waals surface area contributed by atoms with Gasteiger partial charge in [0.1, 0.15) is 12.4 Å². The van der Waals surface area contributed by atoms with Crippen molar-refractivity contribution in [3.8, 4) is 5.75 Å². The molecule has 0 unspecified atom stereocenters. The lowest BCUT2D eigenvalue weighted by atomic mass is 10.2. The summed E-state index contributed by atoms with van der Waals surface area (Å²) in [5.41, 5.74) is 0.725. The van der Waals surface area contributed by atoms with Crippen LogP contribution in [0.4, 0.5) is 8.78 Å². The van der Waals surface area contributed by atoms with Crippen molar-refractivity contribution >= 4 is 27.5 Å². The van der Waals surface area contributed by atoms with Crippen LogP contribution in [0, 0.1) is 11.6 Å². The van der Waals surface area contributed by atoms with Crippen LogP contribution in [0.5, 0.6) is 5.75 Å². The zero-order valence-corrected chi connectivity index (χ0v) is 11.4. The fourth-order valence-electron chi connectivity index (χ4n) is 1.39. The standard InChI is InChI=1S/C13H8BrClF2O/c14-9-6-8(4-5-11(9)16)7-18-12-3-1-2-10(15)13(12)17/h1-6H,7H2. The van der Waals surface area contributed by atoms with Gasteiger partial charge in [-0.15, -0.1) is 0 Å². The van der Waals surface area contributed by atoms with E-state index < -0.39 is 5.82 Å². The molecule has 0 saturated carbocycles. The van der Waals surface area contributed by atoms with Crippen LogP contribution >= 0.6 is 27.5 Å². The minimum Gasteiger partial charge on any atom is -0.486 e. The van der Waals surface area contributed by atoms with Gasteiger partial charge in [-0.3, -0.25) is 0 Å². The van der Waals surface area contributed by atoms with E-state index in [0.29, 0.717) is 4.47 Å². The summed E-state index contributed by atoms with van der Waals surface area (Å²) in [5, 5.41) is 0.00721. The van der Waals surface area contributed by atoms with Gasteiger partial charge in [-0.25, -0.2) is 8.78 Å². The summed E-state index contributed by atoms with van der Waals surface area (Å²) < 4.78 is 32.2. The van der Waals surface area contributed by atoms with Crippen LogP contribution in [0.1, 0.15) is 5.56 Å². The molecule has 1 nitrogen and oxygen atoms in total.